The molecule has 92 valence electrons. The number of nitrogens with zero attached hydrogens (tertiary/aromatic N) is 4. The molecule has 0 spiro atoms. The Morgan fingerprint density at radius 3 is 2.67 bits per heavy atom. The molecule has 18 heavy (non-hydrogen) atoms. The lowest BCUT2D eigenvalue weighted by atomic mass is 9.86. The van der Waals surface area contributed by atoms with Crippen molar-refractivity contribution in [1.29, 1.82) is 0 Å². The van der Waals surface area contributed by atoms with Gasteiger partial charge in [0.1, 0.15) is 12.1 Å². The standard InChI is InChI=1S/C13H15N5/c1-2-4-10-7-18(6-9(10)3-1)13-11-5-16-17-12(11)14-8-15-13/h1-2,5,8-10H,3-4,6-7H2,(H,14,15,16,17)/t9-,10+. The lowest BCUT2D eigenvalue weighted by Crippen LogP contribution is -2.21. The van der Waals surface area contributed by atoms with E-state index in [0.717, 1.165) is 41.8 Å². The molecule has 3 heterocycles. The Morgan fingerprint density at radius 1 is 1.11 bits per heavy atom. The van der Waals surface area contributed by atoms with E-state index in [-0.39, 0.29) is 0 Å². The molecule has 0 saturated carbocycles. The fourth-order valence-electron chi connectivity index (χ4n) is 3.19. The van der Waals surface area contributed by atoms with E-state index in [4.69, 9.17) is 0 Å². The second-order valence-electron chi connectivity index (χ2n) is 5.20. The number of H-pyrrole nitrogens is 1. The zero-order valence-electron chi connectivity index (χ0n) is 10.1. The minimum Gasteiger partial charge on any atom is -0.355 e. The van der Waals surface area contributed by atoms with E-state index in [1.807, 2.05) is 6.20 Å². The van der Waals surface area contributed by atoms with Gasteiger partial charge < -0.3 is 4.90 Å². The number of aromatic nitrogens is 4. The van der Waals surface area contributed by atoms with Gasteiger partial charge >= 0.3 is 0 Å². The summed E-state index contributed by atoms with van der Waals surface area (Å²) < 4.78 is 0. The van der Waals surface area contributed by atoms with Gasteiger partial charge in [-0.15, -0.1) is 0 Å². The van der Waals surface area contributed by atoms with E-state index >= 15 is 0 Å². The van der Waals surface area contributed by atoms with Gasteiger partial charge in [0.15, 0.2) is 5.65 Å². The van der Waals surface area contributed by atoms with E-state index in [9.17, 15) is 0 Å². The molecule has 0 unspecified atom stereocenters. The molecule has 0 aromatic carbocycles. The van der Waals surface area contributed by atoms with Gasteiger partial charge in [-0.1, -0.05) is 12.2 Å². The minimum absolute atomic E-state index is 0.784. The Balaban J connectivity index is 1.70. The molecule has 1 fully saturated rings. The van der Waals surface area contributed by atoms with Crippen molar-refractivity contribution in [1.82, 2.24) is 20.2 Å². The van der Waals surface area contributed by atoms with E-state index in [0.29, 0.717) is 0 Å². The van der Waals surface area contributed by atoms with Gasteiger partial charge in [0.25, 0.3) is 0 Å². The van der Waals surface area contributed by atoms with Crippen LogP contribution < -0.4 is 4.90 Å². The van der Waals surface area contributed by atoms with Crippen molar-refractivity contribution >= 4 is 16.9 Å². The van der Waals surface area contributed by atoms with Crippen LogP contribution in [0.3, 0.4) is 0 Å². The lowest BCUT2D eigenvalue weighted by molar-refractivity contribution is 0.411. The summed E-state index contributed by atoms with van der Waals surface area (Å²) >= 11 is 0. The van der Waals surface area contributed by atoms with Gasteiger partial charge in [0.05, 0.1) is 11.6 Å². The Kier molecular flexibility index (Phi) is 2.12. The molecule has 5 nitrogen and oxygen atoms in total. The van der Waals surface area contributed by atoms with Gasteiger partial charge in [-0.3, -0.25) is 5.10 Å². The van der Waals surface area contributed by atoms with Crippen LogP contribution in [0.4, 0.5) is 5.82 Å². The molecule has 4 rings (SSSR count). The molecule has 2 aromatic rings. The van der Waals surface area contributed by atoms with Crippen molar-refractivity contribution in [2.24, 2.45) is 11.8 Å². The molecular formula is C13H15N5. The van der Waals surface area contributed by atoms with Crippen molar-refractivity contribution in [2.75, 3.05) is 18.0 Å². The first-order valence-corrected chi connectivity index (χ1v) is 6.46. The fraction of sp³-hybridized carbons (Fsp3) is 0.462. The van der Waals surface area contributed by atoms with Crippen LogP contribution in [-0.2, 0) is 0 Å². The van der Waals surface area contributed by atoms with Gasteiger partial charge in [-0.2, -0.15) is 5.10 Å². The highest BCUT2D eigenvalue weighted by Crippen LogP contribution is 2.36. The largest absolute Gasteiger partial charge is 0.355 e. The summed E-state index contributed by atoms with van der Waals surface area (Å²) in [6.45, 7) is 2.21. The van der Waals surface area contributed by atoms with Crippen molar-refractivity contribution in [3.05, 3.63) is 24.7 Å². The molecule has 1 N–H and O–H groups in total. The maximum atomic E-state index is 4.45. The summed E-state index contributed by atoms with van der Waals surface area (Å²) in [5.41, 5.74) is 0.827. The number of fused-ring (bicyclic) bond motifs is 2. The highest BCUT2D eigenvalue weighted by molar-refractivity contribution is 5.86. The highest BCUT2D eigenvalue weighted by Gasteiger charge is 2.34. The topological polar surface area (TPSA) is 57.7 Å². The molecule has 1 saturated heterocycles. The van der Waals surface area contributed by atoms with Crippen molar-refractivity contribution in [3.8, 4) is 0 Å². The van der Waals surface area contributed by atoms with Gasteiger partial charge in [-0.05, 0) is 24.7 Å². The normalized spacial score (nSPS) is 26.8. The summed E-state index contributed by atoms with van der Waals surface area (Å²) in [4.78, 5) is 11.0. The maximum Gasteiger partial charge on any atom is 0.160 e. The molecule has 2 atom stereocenters. The number of hydrogen-bond acceptors (Lipinski definition) is 4. The van der Waals surface area contributed by atoms with Crippen LogP contribution in [0.1, 0.15) is 12.8 Å². The average Bonchev–Trinajstić information content (AvgIpc) is 3.04. The molecule has 0 radical (unpaired) electrons. The highest BCUT2D eigenvalue weighted by atomic mass is 15.2. The molecule has 1 aliphatic heterocycles. The van der Waals surface area contributed by atoms with E-state index < -0.39 is 0 Å². The third-order valence-corrected chi connectivity index (χ3v) is 4.15. The van der Waals surface area contributed by atoms with Crippen molar-refractivity contribution in [2.45, 2.75) is 12.8 Å². The molecule has 2 aromatic heterocycles. The quantitative estimate of drug-likeness (QED) is 0.773. The Labute approximate surface area is 105 Å². The summed E-state index contributed by atoms with van der Waals surface area (Å²) in [5, 5.41) is 8.00. The van der Waals surface area contributed by atoms with Gasteiger partial charge in [-0.25, -0.2) is 9.97 Å². The predicted octanol–water partition coefficient (Wildman–Crippen LogP) is 1.76. The van der Waals surface area contributed by atoms with Crippen LogP contribution in [0, 0.1) is 11.8 Å². The van der Waals surface area contributed by atoms with Crippen LogP contribution in [0.15, 0.2) is 24.7 Å². The van der Waals surface area contributed by atoms with Crippen LogP contribution >= 0.6 is 0 Å². The SMILES string of the molecule is C1=CC[C@H]2CN(c3ncnc4[nH]ncc34)C[C@H]2C1. The van der Waals surface area contributed by atoms with Crippen LogP contribution in [0.25, 0.3) is 11.0 Å². The number of allylic oxidation sites excluding steroid dienone is 2. The number of hydrogen-bond donors (Lipinski definition) is 1. The average molecular weight is 241 g/mol. The first kappa shape index (κ1) is 10.1. The zero-order valence-corrected chi connectivity index (χ0v) is 10.1. The van der Waals surface area contributed by atoms with Crippen LogP contribution in [0.5, 0.6) is 0 Å². The number of aromatic amines is 1. The molecule has 5 heteroatoms. The van der Waals surface area contributed by atoms with Gasteiger partial charge in [0, 0.05) is 13.1 Å². The maximum absolute atomic E-state index is 4.45. The third-order valence-electron chi connectivity index (χ3n) is 4.15. The van der Waals surface area contributed by atoms with Crippen molar-refractivity contribution < 1.29 is 0 Å². The smallest absolute Gasteiger partial charge is 0.160 e. The molecule has 0 amide bonds. The number of rotatable bonds is 1. The van der Waals surface area contributed by atoms with Crippen molar-refractivity contribution in [3.63, 3.8) is 0 Å². The fourth-order valence-corrected chi connectivity index (χ4v) is 3.19. The second-order valence-corrected chi connectivity index (χ2v) is 5.20. The molecule has 0 bridgehead atoms. The Bertz CT molecular complexity index is 586. The second kappa shape index (κ2) is 3.80. The monoisotopic (exact) mass is 241 g/mol. The predicted molar refractivity (Wildman–Crippen MR) is 69.3 cm³/mol. The first-order chi connectivity index (χ1) is 8.92. The zero-order chi connectivity index (χ0) is 11.9. The summed E-state index contributed by atoms with van der Waals surface area (Å²) in [6, 6.07) is 0. The Hall–Kier alpha value is -1.91. The Morgan fingerprint density at radius 2 is 1.89 bits per heavy atom. The minimum atomic E-state index is 0.784. The molecular weight excluding hydrogens is 226 g/mol. The lowest BCUT2D eigenvalue weighted by Gasteiger charge is -2.17. The number of anilines is 1. The number of nitrogens with one attached hydrogen (secondary N) is 1. The summed E-state index contributed by atoms with van der Waals surface area (Å²) in [7, 11) is 0. The first-order valence-electron chi connectivity index (χ1n) is 6.46. The van der Waals surface area contributed by atoms with Gasteiger partial charge in [0.2, 0.25) is 0 Å². The summed E-state index contributed by atoms with van der Waals surface area (Å²) in [6.07, 6.45) is 10.5. The third kappa shape index (κ3) is 1.43. The van der Waals surface area contributed by atoms with Crippen LogP contribution in [0.2, 0.25) is 0 Å². The van der Waals surface area contributed by atoms with E-state index in [2.05, 4.69) is 37.2 Å². The van der Waals surface area contributed by atoms with E-state index in [1.54, 1.807) is 6.33 Å². The molecule has 1 aliphatic carbocycles. The van der Waals surface area contributed by atoms with Crippen LogP contribution in [-0.4, -0.2) is 33.3 Å². The van der Waals surface area contributed by atoms with E-state index in [1.165, 1.54) is 12.8 Å². The molecule has 2 aliphatic rings. The summed E-state index contributed by atoms with van der Waals surface area (Å²) in [5.74, 6) is 2.60.